The number of thiophene rings is 1. The quantitative estimate of drug-likeness (QED) is 0.130. The fourth-order valence-electron chi connectivity index (χ4n) is 6.25. The summed E-state index contributed by atoms with van der Waals surface area (Å²) in [6, 6.07) is 46.6. The zero-order valence-corrected chi connectivity index (χ0v) is 26.9. The minimum Gasteiger partial charge on any atom is -0.423 e. The van der Waals surface area contributed by atoms with E-state index in [2.05, 4.69) is 116 Å². The van der Waals surface area contributed by atoms with Crippen molar-refractivity contribution in [3.63, 3.8) is 0 Å². The summed E-state index contributed by atoms with van der Waals surface area (Å²) in [5.41, 5.74) is 11.6. The Morgan fingerprint density at radius 1 is 0.617 bits per heavy atom. The number of fused-ring (bicyclic) bond motifs is 3. The van der Waals surface area contributed by atoms with Gasteiger partial charge >= 0.3 is 7.12 Å². The summed E-state index contributed by atoms with van der Waals surface area (Å²) in [6.45, 7) is 5.94. The zero-order chi connectivity index (χ0) is 32.3. The lowest BCUT2D eigenvalue weighted by Crippen LogP contribution is -2.29. The summed E-state index contributed by atoms with van der Waals surface area (Å²) in [6.07, 6.45) is 7.99. The van der Waals surface area contributed by atoms with E-state index in [-0.39, 0.29) is 0 Å². The highest BCUT2D eigenvalue weighted by molar-refractivity contribution is 7.26. The second-order valence-electron chi connectivity index (χ2n) is 11.6. The molecule has 1 heterocycles. The normalized spacial score (nSPS) is 11.9. The Balaban J connectivity index is 1.44. The van der Waals surface area contributed by atoms with Gasteiger partial charge in [0, 0.05) is 25.7 Å². The number of hydrogen-bond acceptors (Lipinski definition) is 3. The van der Waals surface area contributed by atoms with E-state index in [1.165, 1.54) is 42.4 Å². The highest BCUT2D eigenvalue weighted by Crippen LogP contribution is 2.44. The molecular formula is C43H33BO2S. The third kappa shape index (κ3) is 6.15. The van der Waals surface area contributed by atoms with Crippen molar-refractivity contribution in [2.75, 3.05) is 0 Å². The van der Waals surface area contributed by atoms with Crippen LogP contribution in [0.4, 0.5) is 0 Å². The van der Waals surface area contributed by atoms with Crippen LogP contribution in [0.1, 0.15) is 12.5 Å². The van der Waals surface area contributed by atoms with Gasteiger partial charge in [0.05, 0.1) is 0 Å². The number of rotatable bonds is 8. The summed E-state index contributed by atoms with van der Waals surface area (Å²) < 4.78 is 2.37. The van der Waals surface area contributed by atoms with Crippen LogP contribution in [0.3, 0.4) is 0 Å². The molecule has 0 saturated heterocycles. The minimum atomic E-state index is -1.54. The van der Waals surface area contributed by atoms with Gasteiger partial charge in [-0.2, -0.15) is 0 Å². The molecule has 0 aliphatic rings. The largest absolute Gasteiger partial charge is 0.488 e. The Labute approximate surface area is 280 Å². The molecule has 1 aromatic heterocycles. The summed E-state index contributed by atoms with van der Waals surface area (Å²) in [5, 5.41) is 22.4. The Hall–Kier alpha value is -5.26. The van der Waals surface area contributed by atoms with Gasteiger partial charge in [-0.15, -0.1) is 11.3 Å². The molecule has 7 aromatic rings. The smallest absolute Gasteiger partial charge is 0.423 e. The SMILES string of the molecule is C=C/C=C(\C=C/C)c1cccc(-c2cc(-c3cccc(B(O)O)c3)c3sc4ccc(-c5cccc(-c6ccccc6)c5)cc4c3c2)c1. The molecule has 0 spiro atoms. The van der Waals surface area contributed by atoms with E-state index in [1.54, 1.807) is 17.4 Å². The first-order chi connectivity index (χ1) is 23.0. The third-order valence-electron chi connectivity index (χ3n) is 8.54. The fraction of sp³-hybridized carbons (Fsp3) is 0.0233. The van der Waals surface area contributed by atoms with Gasteiger partial charge in [0.1, 0.15) is 0 Å². The van der Waals surface area contributed by atoms with E-state index in [4.69, 9.17) is 0 Å². The summed E-state index contributed by atoms with van der Waals surface area (Å²) in [7, 11) is -1.54. The Kier molecular flexibility index (Phi) is 8.56. The first-order valence-corrected chi connectivity index (χ1v) is 16.5. The Bertz CT molecular complexity index is 2310. The van der Waals surface area contributed by atoms with Gasteiger partial charge in [-0.1, -0.05) is 128 Å². The van der Waals surface area contributed by atoms with Crippen molar-refractivity contribution in [1.82, 2.24) is 0 Å². The van der Waals surface area contributed by atoms with Crippen LogP contribution < -0.4 is 5.46 Å². The predicted molar refractivity (Wildman–Crippen MR) is 204 cm³/mol. The van der Waals surface area contributed by atoms with Crippen molar-refractivity contribution in [2.24, 2.45) is 0 Å². The van der Waals surface area contributed by atoms with Crippen molar-refractivity contribution in [2.45, 2.75) is 6.92 Å². The van der Waals surface area contributed by atoms with Gasteiger partial charge in [0.25, 0.3) is 0 Å². The van der Waals surface area contributed by atoms with Crippen molar-refractivity contribution in [3.05, 3.63) is 170 Å². The fourth-order valence-corrected chi connectivity index (χ4v) is 7.45. The molecule has 0 fully saturated rings. The lowest BCUT2D eigenvalue weighted by molar-refractivity contribution is 0.426. The minimum absolute atomic E-state index is 0.468. The number of benzene rings is 6. The van der Waals surface area contributed by atoms with Crippen LogP contribution in [0.25, 0.3) is 70.3 Å². The first kappa shape index (κ1) is 30.4. The molecule has 0 saturated carbocycles. The molecule has 226 valence electrons. The van der Waals surface area contributed by atoms with Crippen LogP contribution in [0, 0.1) is 0 Å². The molecule has 2 nitrogen and oxygen atoms in total. The van der Waals surface area contributed by atoms with Crippen LogP contribution in [-0.4, -0.2) is 17.2 Å². The molecule has 0 aliphatic carbocycles. The molecule has 2 N–H and O–H groups in total. The molecule has 0 radical (unpaired) electrons. The van der Waals surface area contributed by atoms with Gasteiger partial charge in [0.15, 0.2) is 0 Å². The third-order valence-corrected chi connectivity index (χ3v) is 9.76. The molecule has 4 heteroatoms. The van der Waals surface area contributed by atoms with E-state index in [1.807, 2.05) is 49.4 Å². The van der Waals surface area contributed by atoms with Gasteiger partial charge in [-0.05, 0) is 98.9 Å². The maximum atomic E-state index is 10.00. The van der Waals surface area contributed by atoms with E-state index in [0.29, 0.717) is 5.46 Å². The molecule has 7 rings (SSSR count). The number of allylic oxidation sites excluding steroid dienone is 5. The van der Waals surface area contributed by atoms with Crippen LogP contribution >= 0.6 is 11.3 Å². The van der Waals surface area contributed by atoms with Crippen LogP contribution in [-0.2, 0) is 0 Å². The average Bonchev–Trinajstić information content (AvgIpc) is 3.49. The average molecular weight is 625 g/mol. The Morgan fingerprint density at radius 3 is 2.04 bits per heavy atom. The first-order valence-electron chi connectivity index (χ1n) is 15.7. The van der Waals surface area contributed by atoms with Gasteiger partial charge in [-0.3, -0.25) is 0 Å². The summed E-state index contributed by atoms with van der Waals surface area (Å²) in [4.78, 5) is 0. The molecule has 47 heavy (non-hydrogen) atoms. The second kappa shape index (κ2) is 13.2. The second-order valence-corrected chi connectivity index (χ2v) is 12.7. The highest BCUT2D eigenvalue weighted by atomic mass is 32.1. The van der Waals surface area contributed by atoms with Gasteiger partial charge < -0.3 is 10.0 Å². The lowest BCUT2D eigenvalue weighted by atomic mass is 9.79. The van der Waals surface area contributed by atoms with E-state index in [9.17, 15) is 10.0 Å². The topological polar surface area (TPSA) is 40.5 Å². The van der Waals surface area contributed by atoms with Crippen LogP contribution in [0.2, 0.25) is 0 Å². The predicted octanol–water partition coefficient (Wildman–Crippen LogP) is 10.5. The van der Waals surface area contributed by atoms with E-state index in [0.717, 1.165) is 33.4 Å². The van der Waals surface area contributed by atoms with Crippen LogP contribution in [0.5, 0.6) is 0 Å². The Morgan fingerprint density at radius 2 is 1.28 bits per heavy atom. The van der Waals surface area contributed by atoms with Crippen molar-refractivity contribution < 1.29 is 10.0 Å². The van der Waals surface area contributed by atoms with Crippen LogP contribution in [0.15, 0.2) is 164 Å². The number of hydrogen-bond donors (Lipinski definition) is 2. The van der Waals surface area contributed by atoms with Crippen molar-refractivity contribution in [1.29, 1.82) is 0 Å². The molecule has 0 bridgehead atoms. The standard InChI is InChI=1S/C43H33BO2S/c1-3-11-29(12-4-2)31-15-9-18-34(24-31)37-27-39(36-19-10-20-38(25-36)44(45)46)43-41(28-37)40-26-35(21-22-42(40)47-43)33-17-8-16-32(23-33)30-13-6-5-7-14-30/h3-28,45-46H,1H2,2H3/b12-4-,29-11+. The molecule has 0 amide bonds. The molecular weight excluding hydrogens is 591 g/mol. The monoisotopic (exact) mass is 624 g/mol. The lowest BCUT2D eigenvalue weighted by Gasteiger charge is -2.12. The molecule has 0 atom stereocenters. The molecule has 0 unspecified atom stereocenters. The van der Waals surface area contributed by atoms with Crippen molar-refractivity contribution in [3.8, 4) is 44.5 Å². The zero-order valence-electron chi connectivity index (χ0n) is 26.1. The molecule has 6 aromatic carbocycles. The van der Waals surface area contributed by atoms with E-state index >= 15 is 0 Å². The maximum absolute atomic E-state index is 10.00. The maximum Gasteiger partial charge on any atom is 0.488 e. The van der Waals surface area contributed by atoms with E-state index < -0.39 is 7.12 Å². The van der Waals surface area contributed by atoms with Gasteiger partial charge in [-0.25, -0.2) is 0 Å². The summed E-state index contributed by atoms with van der Waals surface area (Å²) in [5.74, 6) is 0. The van der Waals surface area contributed by atoms with Crippen molar-refractivity contribution >= 4 is 49.7 Å². The summed E-state index contributed by atoms with van der Waals surface area (Å²) >= 11 is 1.77. The van der Waals surface area contributed by atoms with Gasteiger partial charge in [0.2, 0.25) is 0 Å². The molecule has 0 aliphatic heterocycles. The highest BCUT2D eigenvalue weighted by Gasteiger charge is 2.17.